The number of aliphatic carboxylic acids is 1. The first-order chi connectivity index (χ1) is 9.22. The van der Waals surface area contributed by atoms with Gasteiger partial charge >= 0.3 is 5.97 Å². The Bertz CT molecular complexity index is 571. The van der Waals surface area contributed by atoms with Crippen LogP contribution in [0.25, 0.3) is 5.69 Å². The van der Waals surface area contributed by atoms with Crippen LogP contribution in [0, 0.1) is 0 Å². The molecule has 0 aliphatic rings. The first-order valence-corrected chi connectivity index (χ1v) is 6.67. The summed E-state index contributed by atoms with van der Waals surface area (Å²) in [7, 11) is 0. The monoisotopic (exact) mass is 279 g/mol. The summed E-state index contributed by atoms with van der Waals surface area (Å²) in [6.07, 6.45) is 1.54. The molecule has 0 atom stereocenters. The Morgan fingerprint density at radius 1 is 1.47 bits per heavy atom. The highest BCUT2D eigenvalue weighted by atomic mass is 32.2. The molecule has 0 saturated heterocycles. The fraction of sp³-hybridized carbons (Fsp3) is 0.250. The summed E-state index contributed by atoms with van der Waals surface area (Å²) in [5, 5.41) is 17.0. The molecule has 1 aromatic carbocycles. The minimum absolute atomic E-state index is 0.0600. The van der Waals surface area contributed by atoms with Crippen LogP contribution in [-0.2, 0) is 4.79 Å². The molecule has 100 valence electrons. The van der Waals surface area contributed by atoms with Gasteiger partial charge in [0.05, 0.1) is 18.0 Å². The lowest BCUT2D eigenvalue weighted by atomic mass is 10.3. The molecule has 0 aliphatic heterocycles. The van der Waals surface area contributed by atoms with Gasteiger partial charge in [-0.25, -0.2) is 0 Å². The summed E-state index contributed by atoms with van der Waals surface area (Å²) in [6.45, 7) is 2.46. The number of aromatic nitrogens is 3. The van der Waals surface area contributed by atoms with Crippen LogP contribution in [0.1, 0.15) is 6.92 Å². The van der Waals surface area contributed by atoms with Crippen molar-refractivity contribution in [3.05, 3.63) is 30.6 Å². The van der Waals surface area contributed by atoms with E-state index in [2.05, 4.69) is 10.2 Å². The Labute approximate surface area is 114 Å². The van der Waals surface area contributed by atoms with Crippen molar-refractivity contribution in [3.63, 3.8) is 0 Å². The molecule has 0 spiro atoms. The Morgan fingerprint density at radius 2 is 2.26 bits per heavy atom. The number of para-hydroxylation sites is 2. The molecule has 1 heterocycles. The number of thioether (sulfide) groups is 1. The molecular weight excluding hydrogens is 266 g/mol. The van der Waals surface area contributed by atoms with Crippen molar-refractivity contribution in [1.29, 1.82) is 0 Å². The van der Waals surface area contributed by atoms with Gasteiger partial charge in [0.25, 0.3) is 0 Å². The Morgan fingerprint density at radius 3 is 3.00 bits per heavy atom. The van der Waals surface area contributed by atoms with E-state index < -0.39 is 5.97 Å². The summed E-state index contributed by atoms with van der Waals surface area (Å²) in [5.41, 5.74) is 0.794. The Hall–Kier alpha value is -2.02. The number of hydrogen-bond donors (Lipinski definition) is 1. The van der Waals surface area contributed by atoms with E-state index in [4.69, 9.17) is 9.84 Å². The average Bonchev–Trinajstić information content (AvgIpc) is 2.85. The van der Waals surface area contributed by atoms with Crippen molar-refractivity contribution in [2.45, 2.75) is 12.1 Å². The lowest BCUT2D eigenvalue weighted by Gasteiger charge is -2.11. The van der Waals surface area contributed by atoms with E-state index in [0.717, 1.165) is 17.4 Å². The Kier molecular flexibility index (Phi) is 4.40. The highest BCUT2D eigenvalue weighted by Crippen LogP contribution is 2.26. The van der Waals surface area contributed by atoms with Gasteiger partial charge in [-0.05, 0) is 19.1 Å². The minimum Gasteiger partial charge on any atom is -0.492 e. The summed E-state index contributed by atoms with van der Waals surface area (Å²) < 4.78 is 7.26. The van der Waals surface area contributed by atoms with Crippen molar-refractivity contribution < 1.29 is 14.6 Å². The minimum atomic E-state index is -0.891. The van der Waals surface area contributed by atoms with Gasteiger partial charge in [-0.1, -0.05) is 23.9 Å². The zero-order valence-corrected chi connectivity index (χ0v) is 11.1. The van der Waals surface area contributed by atoms with Crippen molar-refractivity contribution in [2.24, 2.45) is 0 Å². The zero-order valence-electron chi connectivity index (χ0n) is 10.3. The lowest BCUT2D eigenvalue weighted by Crippen LogP contribution is -2.03. The molecule has 0 aliphatic carbocycles. The molecular formula is C12H13N3O3S. The van der Waals surface area contributed by atoms with Crippen LogP contribution in [0.2, 0.25) is 0 Å². The fourth-order valence-corrected chi connectivity index (χ4v) is 2.19. The van der Waals surface area contributed by atoms with Crippen molar-refractivity contribution in [1.82, 2.24) is 14.8 Å². The number of rotatable bonds is 6. The SMILES string of the molecule is CCOc1ccccc1-n1cnnc1SCC(=O)O. The third-order valence-corrected chi connectivity index (χ3v) is 3.19. The van der Waals surface area contributed by atoms with Crippen molar-refractivity contribution in [3.8, 4) is 11.4 Å². The van der Waals surface area contributed by atoms with Gasteiger partial charge < -0.3 is 9.84 Å². The first-order valence-electron chi connectivity index (χ1n) is 5.69. The summed E-state index contributed by atoms with van der Waals surface area (Å²) >= 11 is 1.12. The van der Waals surface area contributed by atoms with E-state index in [1.54, 1.807) is 10.9 Å². The van der Waals surface area contributed by atoms with Crippen LogP contribution in [0.15, 0.2) is 35.7 Å². The van der Waals surface area contributed by atoms with Gasteiger partial charge in [-0.15, -0.1) is 10.2 Å². The Balaban J connectivity index is 2.31. The van der Waals surface area contributed by atoms with Crippen LogP contribution in [0.5, 0.6) is 5.75 Å². The topological polar surface area (TPSA) is 77.2 Å². The molecule has 19 heavy (non-hydrogen) atoms. The number of ether oxygens (including phenoxy) is 1. The third-order valence-electron chi connectivity index (χ3n) is 2.27. The van der Waals surface area contributed by atoms with E-state index in [0.29, 0.717) is 17.5 Å². The molecule has 7 heteroatoms. The molecule has 1 aromatic heterocycles. The van der Waals surface area contributed by atoms with Crippen molar-refractivity contribution >= 4 is 17.7 Å². The van der Waals surface area contributed by atoms with Gasteiger partial charge in [-0.2, -0.15) is 0 Å². The quantitative estimate of drug-likeness (QED) is 0.813. The van der Waals surface area contributed by atoms with Crippen LogP contribution >= 0.6 is 11.8 Å². The lowest BCUT2D eigenvalue weighted by molar-refractivity contribution is -0.133. The number of nitrogens with zero attached hydrogens (tertiary/aromatic N) is 3. The van der Waals surface area contributed by atoms with Crippen LogP contribution in [-0.4, -0.2) is 38.2 Å². The van der Waals surface area contributed by atoms with Gasteiger partial charge in [0.15, 0.2) is 5.16 Å². The van der Waals surface area contributed by atoms with Gasteiger partial charge in [0.1, 0.15) is 12.1 Å². The number of carbonyl (C=O) groups is 1. The van der Waals surface area contributed by atoms with Crippen molar-refractivity contribution in [2.75, 3.05) is 12.4 Å². The molecule has 6 nitrogen and oxygen atoms in total. The van der Waals surface area contributed by atoms with Gasteiger partial charge in [0, 0.05) is 0 Å². The van der Waals surface area contributed by atoms with E-state index in [1.165, 1.54) is 0 Å². The van der Waals surface area contributed by atoms with Gasteiger partial charge in [-0.3, -0.25) is 9.36 Å². The average molecular weight is 279 g/mol. The largest absolute Gasteiger partial charge is 0.492 e. The molecule has 0 fully saturated rings. The second-order valence-corrected chi connectivity index (χ2v) is 4.51. The number of carboxylic acid groups (broad SMARTS) is 1. The smallest absolute Gasteiger partial charge is 0.313 e. The zero-order chi connectivity index (χ0) is 13.7. The molecule has 0 amide bonds. The molecule has 2 aromatic rings. The highest BCUT2D eigenvalue weighted by molar-refractivity contribution is 7.99. The van der Waals surface area contributed by atoms with E-state index in [9.17, 15) is 4.79 Å². The summed E-state index contributed by atoms with van der Waals surface area (Å²) in [4.78, 5) is 10.6. The van der Waals surface area contributed by atoms with Crippen LogP contribution in [0.4, 0.5) is 0 Å². The van der Waals surface area contributed by atoms with E-state index in [-0.39, 0.29) is 5.75 Å². The predicted molar refractivity (Wildman–Crippen MR) is 70.9 cm³/mol. The standard InChI is InChI=1S/C12H13N3O3S/c1-2-18-10-6-4-3-5-9(10)15-8-13-14-12(15)19-7-11(16)17/h3-6,8H,2,7H2,1H3,(H,16,17). The normalized spacial score (nSPS) is 10.4. The molecule has 1 N–H and O–H groups in total. The summed E-state index contributed by atoms with van der Waals surface area (Å²) in [5.74, 6) is -0.241. The molecule has 0 bridgehead atoms. The summed E-state index contributed by atoms with van der Waals surface area (Å²) in [6, 6.07) is 7.48. The van der Waals surface area contributed by atoms with Gasteiger partial charge in [0.2, 0.25) is 0 Å². The number of carboxylic acids is 1. The highest BCUT2D eigenvalue weighted by Gasteiger charge is 2.12. The number of benzene rings is 1. The maximum atomic E-state index is 10.6. The number of hydrogen-bond acceptors (Lipinski definition) is 5. The molecule has 0 saturated carbocycles. The second kappa shape index (κ2) is 6.24. The van der Waals surface area contributed by atoms with E-state index in [1.807, 2.05) is 31.2 Å². The van der Waals surface area contributed by atoms with Crippen LogP contribution < -0.4 is 4.74 Å². The molecule has 2 rings (SSSR count). The van der Waals surface area contributed by atoms with E-state index >= 15 is 0 Å². The fourth-order valence-electron chi connectivity index (χ4n) is 1.55. The molecule has 0 radical (unpaired) electrons. The third kappa shape index (κ3) is 3.25. The first kappa shape index (κ1) is 13.4. The maximum absolute atomic E-state index is 10.6. The maximum Gasteiger partial charge on any atom is 0.313 e. The predicted octanol–water partition coefficient (Wildman–Crippen LogP) is 1.84. The second-order valence-electron chi connectivity index (χ2n) is 3.57. The molecule has 0 unspecified atom stereocenters. The van der Waals surface area contributed by atoms with Crippen LogP contribution in [0.3, 0.4) is 0 Å².